The molecular formula is C23H27BrN4O3. The molecule has 0 unspecified atom stereocenters. The van der Waals surface area contributed by atoms with Crippen molar-refractivity contribution >= 4 is 39.3 Å². The molecule has 0 atom stereocenters. The zero-order chi connectivity index (χ0) is 22.2. The first-order valence-corrected chi connectivity index (χ1v) is 11.1. The zero-order valence-corrected chi connectivity index (χ0v) is 19.2. The molecule has 0 saturated carbocycles. The molecule has 0 spiro atoms. The molecule has 7 nitrogen and oxygen atoms in total. The van der Waals surface area contributed by atoms with Crippen LogP contribution in [0.4, 0.5) is 5.69 Å². The van der Waals surface area contributed by atoms with Gasteiger partial charge in [0, 0.05) is 30.7 Å². The van der Waals surface area contributed by atoms with E-state index in [2.05, 4.69) is 26.6 Å². The normalized spacial score (nSPS) is 14.2. The number of carbonyl (C=O) groups is 3. The third-order valence-corrected chi connectivity index (χ3v) is 5.85. The second kappa shape index (κ2) is 11.1. The lowest BCUT2D eigenvalue weighted by Crippen LogP contribution is -2.51. The number of piperazine rings is 1. The van der Waals surface area contributed by atoms with Crippen LogP contribution in [-0.2, 0) is 20.8 Å². The fourth-order valence-electron chi connectivity index (χ4n) is 3.34. The molecule has 1 fully saturated rings. The van der Waals surface area contributed by atoms with Crippen LogP contribution in [0, 0.1) is 6.92 Å². The zero-order valence-electron chi connectivity index (χ0n) is 17.6. The van der Waals surface area contributed by atoms with E-state index in [1.165, 1.54) is 5.56 Å². The van der Waals surface area contributed by atoms with E-state index < -0.39 is 0 Å². The molecule has 164 valence electrons. The first-order valence-electron chi connectivity index (χ1n) is 10.3. The van der Waals surface area contributed by atoms with E-state index in [9.17, 15) is 14.4 Å². The molecule has 2 N–H and O–H groups in total. The number of aryl methyl sites for hydroxylation is 1. The second-order valence-corrected chi connectivity index (χ2v) is 8.48. The van der Waals surface area contributed by atoms with Crippen LogP contribution in [0.15, 0.2) is 53.0 Å². The monoisotopic (exact) mass is 486 g/mol. The Labute approximate surface area is 190 Å². The largest absolute Gasteiger partial charge is 0.346 e. The summed E-state index contributed by atoms with van der Waals surface area (Å²) in [4.78, 5) is 40.6. The number of hydrogen-bond acceptors (Lipinski definition) is 4. The Bertz CT molecular complexity index is 925. The van der Waals surface area contributed by atoms with E-state index in [4.69, 9.17) is 0 Å². The van der Waals surface area contributed by atoms with Crippen molar-refractivity contribution in [2.45, 2.75) is 13.3 Å². The summed E-state index contributed by atoms with van der Waals surface area (Å²) in [5, 5.41) is 5.40. The number of carbonyl (C=O) groups excluding carboxylic acids is 3. The van der Waals surface area contributed by atoms with Crippen LogP contribution in [0.25, 0.3) is 0 Å². The highest BCUT2D eigenvalue weighted by molar-refractivity contribution is 9.10. The number of nitrogens with one attached hydrogen (secondary N) is 2. The van der Waals surface area contributed by atoms with Crippen LogP contribution in [0.3, 0.4) is 0 Å². The number of rotatable bonds is 7. The molecule has 3 amide bonds. The summed E-state index contributed by atoms with van der Waals surface area (Å²) in [6, 6.07) is 15.3. The van der Waals surface area contributed by atoms with Gasteiger partial charge in [0.2, 0.25) is 17.7 Å². The predicted molar refractivity (Wildman–Crippen MR) is 124 cm³/mol. The summed E-state index contributed by atoms with van der Waals surface area (Å²) >= 11 is 3.37. The number of para-hydroxylation sites is 1. The van der Waals surface area contributed by atoms with Gasteiger partial charge in [-0.1, -0.05) is 42.0 Å². The topological polar surface area (TPSA) is 81.8 Å². The molecule has 0 bridgehead atoms. The summed E-state index contributed by atoms with van der Waals surface area (Å²) in [5.74, 6) is -0.384. The summed E-state index contributed by atoms with van der Waals surface area (Å²) in [5.41, 5.74) is 2.85. The van der Waals surface area contributed by atoms with Gasteiger partial charge in [-0.3, -0.25) is 19.3 Å². The molecule has 0 aliphatic carbocycles. The minimum absolute atomic E-state index is 0.0881. The van der Waals surface area contributed by atoms with Crippen molar-refractivity contribution in [3.63, 3.8) is 0 Å². The first kappa shape index (κ1) is 23.0. The molecule has 31 heavy (non-hydrogen) atoms. The Balaban J connectivity index is 1.35. The van der Waals surface area contributed by atoms with Crippen molar-refractivity contribution in [1.29, 1.82) is 0 Å². The Hall–Kier alpha value is -2.71. The molecule has 2 aromatic rings. The fourth-order valence-corrected chi connectivity index (χ4v) is 3.73. The van der Waals surface area contributed by atoms with Gasteiger partial charge in [-0.2, -0.15) is 0 Å². The van der Waals surface area contributed by atoms with Gasteiger partial charge in [0.05, 0.1) is 25.2 Å². The SMILES string of the molecule is Cc1ccc(CC(=O)N2CCN(CC(=O)NCC(=O)Nc3ccccc3Br)CC2)cc1. The maximum absolute atomic E-state index is 12.5. The quantitative estimate of drug-likeness (QED) is 0.628. The van der Waals surface area contributed by atoms with E-state index in [1.54, 1.807) is 6.07 Å². The van der Waals surface area contributed by atoms with Crippen LogP contribution in [0.1, 0.15) is 11.1 Å². The van der Waals surface area contributed by atoms with Crippen LogP contribution >= 0.6 is 15.9 Å². The highest BCUT2D eigenvalue weighted by Crippen LogP contribution is 2.20. The standard InChI is InChI=1S/C23H27BrN4O3/c1-17-6-8-18(9-7-17)14-23(31)28-12-10-27(11-13-28)16-22(30)25-15-21(29)26-20-5-3-2-4-19(20)24/h2-9H,10-16H2,1H3,(H,25,30)(H,26,29). The number of hydrogen-bond donors (Lipinski definition) is 2. The third kappa shape index (κ3) is 7.18. The summed E-state index contributed by atoms with van der Waals surface area (Å²) in [7, 11) is 0. The van der Waals surface area contributed by atoms with Gasteiger partial charge >= 0.3 is 0 Å². The van der Waals surface area contributed by atoms with E-state index in [0.29, 0.717) is 38.3 Å². The Kier molecular flexibility index (Phi) is 8.20. The molecule has 0 radical (unpaired) electrons. The van der Waals surface area contributed by atoms with Crippen molar-refractivity contribution in [3.8, 4) is 0 Å². The van der Waals surface area contributed by atoms with Crippen molar-refractivity contribution in [1.82, 2.24) is 15.1 Å². The smallest absolute Gasteiger partial charge is 0.243 e. The number of nitrogens with zero attached hydrogens (tertiary/aromatic N) is 2. The lowest BCUT2D eigenvalue weighted by Gasteiger charge is -2.34. The summed E-state index contributed by atoms with van der Waals surface area (Å²) in [6.45, 7) is 4.61. The van der Waals surface area contributed by atoms with Crippen molar-refractivity contribution in [2.24, 2.45) is 0 Å². The first-order chi connectivity index (χ1) is 14.9. The number of halogens is 1. The van der Waals surface area contributed by atoms with E-state index in [1.807, 2.05) is 59.2 Å². The Morgan fingerprint density at radius 1 is 0.935 bits per heavy atom. The molecule has 1 aliphatic rings. The lowest BCUT2D eigenvalue weighted by atomic mass is 10.1. The van der Waals surface area contributed by atoms with E-state index in [-0.39, 0.29) is 30.8 Å². The highest BCUT2D eigenvalue weighted by Gasteiger charge is 2.22. The van der Waals surface area contributed by atoms with Gasteiger partial charge in [-0.15, -0.1) is 0 Å². The molecule has 1 heterocycles. The Morgan fingerprint density at radius 2 is 1.61 bits per heavy atom. The minimum atomic E-state index is -0.285. The van der Waals surface area contributed by atoms with Crippen LogP contribution in [0.2, 0.25) is 0 Å². The molecule has 3 rings (SSSR count). The lowest BCUT2D eigenvalue weighted by molar-refractivity contribution is -0.132. The maximum atomic E-state index is 12.5. The second-order valence-electron chi connectivity index (χ2n) is 7.62. The van der Waals surface area contributed by atoms with Crippen molar-refractivity contribution in [3.05, 3.63) is 64.1 Å². The minimum Gasteiger partial charge on any atom is -0.346 e. The number of anilines is 1. The number of amides is 3. The molecule has 2 aromatic carbocycles. The summed E-state index contributed by atoms with van der Waals surface area (Å²) in [6.07, 6.45) is 0.396. The Morgan fingerprint density at radius 3 is 2.29 bits per heavy atom. The fraction of sp³-hybridized carbons (Fsp3) is 0.348. The van der Waals surface area contributed by atoms with Crippen LogP contribution in [0.5, 0.6) is 0 Å². The average Bonchev–Trinajstić information content (AvgIpc) is 2.76. The van der Waals surface area contributed by atoms with Gasteiger partial charge in [-0.05, 0) is 40.5 Å². The van der Waals surface area contributed by atoms with Gasteiger partial charge in [0.25, 0.3) is 0 Å². The average molecular weight is 487 g/mol. The molecule has 1 aliphatic heterocycles. The van der Waals surface area contributed by atoms with Gasteiger partial charge < -0.3 is 15.5 Å². The van der Waals surface area contributed by atoms with Crippen LogP contribution in [-0.4, -0.2) is 66.8 Å². The molecule has 0 aromatic heterocycles. The maximum Gasteiger partial charge on any atom is 0.243 e. The third-order valence-electron chi connectivity index (χ3n) is 5.16. The van der Waals surface area contributed by atoms with Gasteiger partial charge in [0.15, 0.2) is 0 Å². The van der Waals surface area contributed by atoms with Gasteiger partial charge in [-0.25, -0.2) is 0 Å². The van der Waals surface area contributed by atoms with E-state index >= 15 is 0 Å². The summed E-state index contributed by atoms with van der Waals surface area (Å²) < 4.78 is 0.782. The van der Waals surface area contributed by atoms with Crippen molar-refractivity contribution < 1.29 is 14.4 Å². The van der Waals surface area contributed by atoms with Crippen LogP contribution < -0.4 is 10.6 Å². The van der Waals surface area contributed by atoms with Crippen molar-refractivity contribution in [2.75, 3.05) is 44.6 Å². The molecular weight excluding hydrogens is 460 g/mol. The van der Waals surface area contributed by atoms with E-state index in [0.717, 1.165) is 10.0 Å². The highest BCUT2D eigenvalue weighted by atomic mass is 79.9. The molecule has 1 saturated heterocycles. The van der Waals surface area contributed by atoms with Gasteiger partial charge in [0.1, 0.15) is 0 Å². The molecule has 8 heteroatoms. The number of benzene rings is 2. The predicted octanol–water partition coefficient (Wildman–Crippen LogP) is 2.20.